The standard InChI is InChI=1S/C15H24FN/c1-5-15(6-2,7-3)17-11-13-10-12(4)8-9-14(13)16/h8-10,17H,5-7,11H2,1-4H3. The highest BCUT2D eigenvalue weighted by molar-refractivity contribution is 5.24. The number of hydrogen-bond acceptors (Lipinski definition) is 1. The van der Waals surface area contributed by atoms with Crippen LogP contribution in [0.3, 0.4) is 0 Å². The average molecular weight is 237 g/mol. The minimum atomic E-state index is -0.111. The van der Waals surface area contributed by atoms with Crippen LogP contribution < -0.4 is 5.32 Å². The van der Waals surface area contributed by atoms with E-state index in [1.807, 2.05) is 19.1 Å². The van der Waals surface area contributed by atoms with Crippen molar-refractivity contribution in [3.63, 3.8) is 0 Å². The van der Waals surface area contributed by atoms with Crippen LogP contribution in [0.1, 0.15) is 51.2 Å². The van der Waals surface area contributed by atoms with Crippen LogP contribution in [0.4, 0.5) is 4.39 Å². The molecule has 0 bridgehead atoms. The maximum atomic E-state index is 13.6. The molecular weight excluding hydrogens is 213 g/mol. The van der Waals surface area contributed by atoms with Gasteiger partial charge < -0.3 is 5.32 Å². The lowest BCUT2D eigenvalue weighted by molar-refractivity contribution is 0.286. The Balaban J connectivity index is 2.75. The van der Waals surface area contributed by atoms with Gasteiger partial charge in [-0.15, -0.1) is 0 Å². The molecule has 0 radical (unpaired) electrons. The Hall–Kier alpha value is -0.890. The van der Waals surface area contributed by atoms with Crippen LogP contribution in [0.25, 0.3) is 0 Å². The Labute approximate surface area is 104 Å². The van der Waals surface area contributed by atoms with Gasteiger partial charge in [-0.3, -0.25) is 0 Å². The second-order valence-corrected chi connectivity index (χ2v) is 4.79. The quantitative estimate of drug-likeness (QED) is 0.782. The van der Waals surface area contributed by atoms with Gasteiger partial charge in [0.05, 0.1) is 0 Å². The summed E-state index contributed by atoms with van der Waals surface area (Å²) in [6, 6.07) is 5.29. The molecule has 0 saturated carbocycles. The van der Waals surface area contributed by atoms with Gasteiger partial charge in [-0.25, -0.2) is 4.39 Å². The molecule has 17 heavy (non-hydrogen) atoms. The Morgan fingerprint density at radius 2 is 1.71 bits per heavy atom. The lowest BCUT2D eigenvalue weighted by Gasteiger charge is -2.32. The molecule has 1 rings (SSSR count). The Bertz CT molecular complexity index is 348. The fourth-order valence-electron chi connectivity index (χ4n) is 2.25. The van der Waals surface area contributed by atoms with Crippen molar-refractivity contribution in [1.29, 1.82) is 0 Å². The smallest absolute Gasteiger partial charge is 0.127 e. The zero-order valence-corrected chi connectivity index (χ0v) is 11.4. The Morgan fingerprint density at radius 1 is 1.12 bits per heavy atom. The fraction of sp³-hybridized carbons (Fsp3) is 0.600. The molecule has 1 N–H and O–H groups in total. The van der Waals surface area contributed by atoms with Crippen molar-refractivity contribution >= 4 is 0 Å². The summed E-state index contributed by atoms with van der Waals surface area (Å²) in [6.07, 6.45) is 3.23. The number of nitrogens with one attached hydrogen (secondary N) is 1. The van der Waals surface area contributed by atoms with E-state index in [0.29, 0.717) is 6.54 Å². The summed E-state index contributed by atoms with van der Waals surface area (Å²) < 4.78 is 13.6. The largest absolute Gasteiger partial charge is 0.307 e. The van der Waals surface area contributed by atoms with Gasteiger partial charge in [-0.05, 0) is 32.3 Å². The van der Waals surface area contributed by atoms with Crippen molar-refractivity contribution in [2.45, 2.75) is 59.0 Å². The minimum absolute atomic E-state index is 0.111. The van der Waals surface area contributed by atoms with Crippen molar-refractivity contribution in [2.24, 2.45) is 0 Å². The predicted molar refractivity (Wildman–Crippen MR) is 71.6 cm³/mol. The predicted octanol–water partition coefficient (Wildman–Crippen LogP) is 4.19. The Kier molecular flexibility index (Phi) is 5.13. The van der Waals surface area contributed by atoms with Crippen LogP contribution in [0.15, 0.2) is 18.2 Å². The zero-order chi connectivity index (χ0) is 12.9. The molecule has 1 aromatic rings. The molecule has 0 fully saturated rings. The van der Waals surface area contributed by atoms with Gasteiger partial charge in [0.15, 0.2) is 0 Å². The van der Waals surface area contributed by atoms with E-state index >= 15 is 0 Å². The van der Waals surface area contributed by atoms with Crippen LogP contribution in [0, 0.1) is 12.7 Å². The average Bonchev–Trinajstić information content (AvgIpc) is 2.35. The van der Waals surface area contributed by atoms with Crippen molar-refractivity contribution in [3.8, 4) is 0 Å². The molecule has 0 heterocycles. The summed E-state index contributed by atoms with van der Waals surface area (Å²) in [7, 11) is 0. The molecule has 0 saturated heterocycles. The molecule has 2 heteroatoms. The number of rotatable bonds is 6. The van der Waals surface area contributed by atoms with E-state index in [4.69, 9.17) is 0 Å². The minimum Gasteiger partial charge on any atom is -0.307 e. The molecule has 0 atom stereocenters. The van der Waals surface area contributed by atoms with Crippen LogP contribution in [0.5, 0.6) is 0 Å². The molecule has 0 aromatic heterocycles. The second-order valence-electron chi connectivity index (χ2n) is 4.79. The molecule has 0 aliphatic heterocycles. The Morgan fingerprint density at radius 3 is 2.24 bits per heavy atom. The molecule has 0 unspecified atom stereocenters. The molecule has 0 spiro atoms. The summed E-state index contributed by atoms with van der Waals surface area (Å²) in [4.78, 5) is 0. The maximum Gasteiger partial charge on any atom is 0.127 e. The number of halogens is 1. The molecule has 0 aliphatic rings. The summed E-state index contributed by atoms with van der Waals surface area (Å²) in [6.45, 7) is 9.17. The van der Waals surface area contributed by atoms with E-state index in [1.54, 1.807) is 6.07 Å². The normalized spacial score (nSPS) is 11.8. The SMILES string of the molecule is CCC(CC)(CC)NCc1cc(C)ccc1F. The van der Waals surface area contributed by atoms with Gasteiger partial charge in [-0.1, -0.05) is 38.5 Å². The molecule has 0 aliphatic carbocycles. The highest BCUT2D eigenvalue weighted by Gasteiger charge is 2.22. The van der Waals surface area contributed by atoms with E-state index in [2.05, 4.69) is 26.1 Å². The van der Waals surface area contributed by atoms with E-state index in [1.165, 1.54) is 0 Å². The van der Waals surface area contributed by atoms with Crippen LogP contribution >= 0.6 is 0 Å². The number of benzene rings is 1. The summed E-state index contributed by atoms with van der Waals surface area (Å²) in [5.41, 5.74) is 2.03. The fourth-order valence-corrected chi connectivity index (χ4v) is 2.25. The molecule has 0 amide bonds. The van der Waals surface area contributed by atoms with Gasteiger partial charge in [0.2, 0.25) is 0 Å². The van der Waals surface area contributed by atoms with Crippen molar-refractivity contribution < 1.29 is 4.39 Å². The van der Waals surface area contributed by atoms with Crippen molar-refractivity contribution in [2.75, 3.05) is 0 Å². The first-order valence-electron chi connectivity index (χ1n) is 6.57. The van der Waals surface area contributed by atoms with E-state index in [9.17, 15) is 4.39 Å². The lowest BCUT2D eigenvalue weighted by Crippen LogP contribution is -2.43. The van der Waals surface area contributed by atoms with E-state index < -0.39 is 0 Å². The molecule has 1 nitrogen and oxygen atoms in total. The van der Waals surface area contributed by atoms with Gasteiger partial charge >= 0.3 is 0 Å². The lowest BCUT2D eigenvalue weighted by atomic mass is 9.89. The molecule has 96 valence electrons. The third kappa shape index (κ3) is 3.53. The molecule has 1 aromatic carbocycles. The third-order valence-corrected chi connectivity index (χ3v) is 3.89. The highest BCUT2D eigenvalue weighted by Crippen LogP contribution is 2.20. The highest BCUT2D eigenvalue weighted by atomic mass is 19.1. The van der Waals surface area contributed by atoms with Crippen LogP contribution in [-0.2, 0) is 6.54 Å². The van der Waals surface area contributed by atoms with Crippen molar-refractivity contribution in [3.05, 3.63) is 35.1 Å². The molecular formula is C15H24FN. The monoisotopic (exact) mass is 237 g/mol. The topological polar surface area (TPSA) is 12.0 Å². The number of aryl methyl sites for hydroxylation is 1. The first-order chi connectivity index (χ1) is 8.06. The first kappa shape index (κ1) is 14.2. The van der Waals surface area contributed by atoms with E-state index in [0.717, 1.165) is 30.4 Å². The second kappa shape index (κ2) is 6.15. The zero-order valence-electron chi connectivity index (χ0n) is 11.4. The van der Waals surface area contributed by atoms with Gasteiger partial charge in [-0.2, -0.15) is 0 Å². The summed E-state index contributed by atoms with van der Waals surface area (Å²) in [5, 5.41) is 3.53. The van der Waals surface area contributed by atoms with Gasteiger partial charge in [0.25, 0.3) is 0 Å². The van der Waals surface area contributed by atoms with Gasteiger partial charge in [0.1, 0.15) is 5.82 Å². The number of hydrogen-bond donors (Lipinski definition) is 1. The van der Waals surface area contributed by atoms with Crippen LogP contribution in [0.2, 0.25) is 0 Å². The third-order valence-electron chi connectivity index (χ3n) is 3.89. The summed E-state index contributed by atoms with van der Waals surface area (Å²) >= 11 is 0. The van der Waals surface area contributed by atoms with E-state index in [-0.39, 0.29) is 11.4 Å². The first-order valence-corrected chi connectivity index (χ1v) is 6.57. The van der Waals surface area contributed by atoms with Gasteiger partial charge in [0, 0.05) is 17.6 Å². The summed E-state index contributed by atoms with van der Waals surface area (Å²) in [5.74, 6) is -0.111. The maximum absolute atomic E-state index is 13.6. The van der Waals surface area contributed by atoms with Crippen molar-refractivity contribution in [1.82, 2.24) is 5.32 Å². The van der Waals surface area contributed by atoms with Crippen LogP contribution in [-0.4, -0.2) is 5.54 Å².